The number of halogens is 3. The number of aromatic nitrogens is 1. The maximum Gasteiger partial charge on any atom is 0.422 e. The van der Waals surface area contributed by atoms with Crippen LogP contribution in [0.3, 0.4) is 0 Å². The van der Waals surface area contributed by atoms with Gasteiger partial charge < -0.3 is 20.3 Å². The van der Waals surface area contributed by atoms with Crippen molar-refractivity contribution in [3.8, 4) is 5.88 Å². The second-order valence-corrected chi connectivity index (χ2v) is 6.68. The van der Waals surface area contributed by atoms with Crippen LogP contribution in [-0.4, -0.2) is 49.3 Å². The zero-order valence-corrected chi connectivity index (χ0v) is 16.3. The lowest BCUT2D eigenvalue weighted by Crippen LogP contribution is -2.44. The highest BCUT2D eigenvalue weighted by Crippen LogP contribution is 2.22. The summed E-state index contributed by atoms with van der Waals surface area (Å²) in [7, 11) is 1.57. The summed E-state index contributed by atoms with van der Waals surface area (Å²) in [6.45, 7) is -0.774. The summed E-state index contributed by atoms with van der Waals surface area (Å²) in [5, 5.41) is 6.20. The molecule has 0 spiro atoms. The molecule has 2 heterocycles. The number of hydrogen-bond acceptors (Lipinski definition) is 4. The van der Waals surface area contributed by atoms with Crippen molar-refractivity contribution < 1.29 is 22.7 Å². The first kappa shape index (κ1) is 21.4. The SMILES string of the molecule is CN=C(NCc1cccnc1OCC(F)(F)F)NC1CC(=O)N(c2ccccc2)C1. The smallest absolute Gasteiger partial charge is 0.422 e. The van der Waals surface area contributed by atoms with Gasteiger partial charge in [-0.25, -0.2) is 4.98 Å². The van der Waals surface area contributed by atoms with Crippen LogP contribution in [0.25, 0.3) is 0 Å². The van der Waals surface area contributed by atoms with Crippen LogP contribution in [0.2, 0.25) is 0 Å². The van der Waals surface area contributed by atoms with Gasteiger partial charge in [-0.05, 0) is 18.2 Å². The Morgan fingerprint density at radius 1 is 1.27 bits per heavy atom. The van der Waals surface area contributed by atoms with Crippen molar-refractivity contribution in [1.82, 2.24) is 15.6 Å². The summed E-state index contributed by atoms with van der Waals surface area (Å²) in [5.41, 5.74) is 1.29. The van der Waals surface area contributed by atoms with Gasteiger partial charge in [0.1, 0.15) is 0 Å². The highest BCUT2D eigenvalue weighted by atomic mass is 19.4. The molecule has 0 aliphatic carbocycles. The quantitative estimate of drug-likeness (QED) is 0.554. The predicted molar refractivity (Wildman–Crippen MR) is 106 cm³/mol. The Kier molecular flexibility index (Phi) is 6.76. The summed E-state index contributed by atoms with van der Waals surface area (Å²) < 4.78 is 42.1. The Morgan fingerprint density at radius 3 is 2.73 bits per heavy atom. The van der Waals surface area contributed by atoms with Crippen molar-refractivity contribution in [2.75, 3.05) is 25.1 Å². The summed E-state index contributed by atoms with van der Waals surface area (Å²) in [6.07, 6.45) is -2.77. The number of para-hydroxylation sites is 1. The zero-order chi connectivity index (χ0) is 21.6. The molecule has 1 atom stereocenters. The van der Waals surface area contributed by atoms with Crippen LogP contribution >= 0.6 is 0 Å². The second-order valence-electron chi connectivity index (χ2n) is 6.68. The predicted octanol–water partition coefficient (Wildman–Crippen LogP) is 2.49. The molecule has 1 aliphatic heterocycles. The maximum atomic E-state index is 12.4. The van der Waals surface area contributed by atoms with Crippen LogP contribution in [0.4, 0.5) is 18.9 Å². The van der Waals surface area contributed by atoms with E-state index >= 15 is 0 Å². The molecule has 30 heavy (non-hydrogen) atoms. The third-order valence-electron chi connectivity index (χ3n) is 4.43. The van der Waals surface area contributed by atoms with Crippen molar-refractivity contribution in [3.05, 3.63) is 54.2 Å². The summed E-state index contributed by atoms with van der Waals surface area (Å²) in [4.78, 5) is 22.0. The van der Waals surface area contributed by atoms with Gasteiger partial charge in [-0.2, -0.15) is 13.2 Å². The number of pyridine rings is 1. The maximum absolute atomic E-state index is 12.4. The fourth-order valence-corrected chi connectivity index (χ4v) is 3.07. The third kappa shape index (κ3) is 5.85. The zero-order valence-electron chi connectivity index (χ0n) is 16.3. The van der Waals surface area contributed by atoms with Gasteiger partial charge in [0.25, 0.3) is 0 Å². The Balaban J connectivity index is 1.57. The highest BCUT2D eigenvalue weighted by Gasteiger charge is 2.31. The standard InChI is InChI=1S/C20H22F3N5O2/c1-24-19(26-11-14-6-5-9-25-18(14)30-13-20(21,22)23)27-15-10-17(29)28(12-15)16-7-3-2-4-8-16/h2-9,15H,10-13H2,1H3,(H2,24,26,27). The first-order valence-electron chi connectivity index (χ1n) is 9.32. The van der Waals surface area contributed by atoms with Crippen molar-refractivity contribution in [1.29, 1.82) is 0 Å². The molecule has 160 valence electrons. The number of alkyl halides is 3. The monoisotopic (exact) mass is 421 g/mol. The van der Waals surface area contributed by atoms with Crippen LogP contribution in [0, 0.1) is 0 Å². The van der Waals surface area contributed by atoms with Crippen molar-refractivity contribution in [2.45, 2.75) is 25.2 Å². The van der Waals surface area contributed by atoms with Crippen LogP contribution in [0.15, 0.2) is 53.7 Å². The number of benzene rings is 1. The fourth-order valence-electron chi connectivity index (χ4n) is 3.07. The minimum Gasteiger partial charge on any atom is -0.468 e. The molecule has 0 saturated carbocycles. The molecule has 10 heteroatoms. The number of aliphatic imine (C=N–C) groups is 1. The number of carbonyl (C=O) groups is 1. The van der Waals surface area contributed by atoms with E-state index in [9.17, 15) is 18.0 Å². The Bertz CT molecular complexity index is 890. The van der Waals surface area contributed by atoms with E-state index < -0.39 is 12.8 Å². The van der Waals surface area contributed by atoms with E-state index in [0.717, 1.165) is 5.69 Å². The van der Waals surface area contributed by atoms with E-state index in [2.05, 4.69) is 20.6 Å². The van der Waals surface area contributed by atoms with Crippen LogP contribution < -0.4 is 20.3 Å². The van der Waals surface area contributed by atoms with Gasteiger partial charge in [-0.3, -0.25) is 9.79 Å². The van der Waals surface area contributed by atoms with Gasteiger partial charge in [0.2, 0.25) is 11.8 Å². The van der Waals surface area contributed by atoms with Gasteiger partial charge >= 0.3 is 6.18 Å². The lowest BCUT2D eigenvalue weighted by atomic mass is 10.2. The van der Waals surface area contributed by atoms with Crippen LogP contribution in [0.1, 0.15) is 12.0 Å². The Hall–Kier alpha value is -3.30. The van der Waals surface area contributed by atoms with E-state index in [0.29, 0.717) is 24.5 Å². The molecule has 2 aromatic rings. The minimum absolute atomic E-state index is 0.00393. The number of amides is 1. The van der Waals surface area contributed by atoms with E-state index in [1.165, 1.54) is 6.20 Å². The molecule has 1 amide bonds. The number of anilines is 1. The van der Waals surface area contributed by atoms with Crippen molar-refractivity contribution >= 4 is 17.6 Å². The molecule has 7 nitrogen and oxygen atoms in total. The lowest BCUT2D eigenvalue weighted by Gasteiger charge is -2.19. The fraction of sp³-hybridized carbons (Fsp3) is 0.350. The second kappa shape index (κ2) is 9.47. The first-order valence-corrected chi connectivity index (χ1v) is 9.32. The van der Waals surface area contributed by atoms with Crippen molar-refractivity contribution in [2.24, 2.45) is 4.99 Å². The third-order valence-corrected chi connectivity index (χ3v) is 4.43. The molecule has 1 aromatic heterocycles. The van der Waals surface area contributed by atoms with E-state index in [4.69, 9.17) is 4.74 Å². The number of carbonyl (C=O) groups excluding carboxylic acids is 1. The number of nitrogens with zero attached hydrogens (tertiary/aromatic N) is 3. The lowest BCUT2D eigenvalue weighted by molar-refractivity contribution is -0.154. The molecule has 1 aliphatic rings. The molecule has 2 N–H and O–H groups in total. The number of ether oxygens (including phenoxy) is 1. The normalized spacial score (nSPS) is 17.2. The highest BCUT2D eigenvalue weighted by molar-refractivity contribution is 5.97. The molecular formula is C20H22F3N5O2. The molecule has 0 bridgehead atoms. The average Bonchev–Trinajstić information content (AvgIpc) is 3.10. The van der Waals surface area contributed by atoms with Crippen LogP contribution in [0.5, 0.6) is 5.88 Å². The molecule has 3 rings (SSSR count). The molecule has 0 radical (unpaired) electrons. The van der Waals surface area contributed by atoms with Gasteiger partial charge in [-0.15, -0.1) is 0 Å². The average molecular weight is 421 g/mol. The molecule has 1 unspecified atom stereocenters. The summed E-state index contributed by atoms with van der Waals surface area (Å²) in [6, 6.07) is 12.5. The number of rotatable bonds is 6. The summed E-state index contributed by atoms with van der Waals surface area (Å²) in [5.74, 6) is 0.335. The molecule has 1 saturated heterocycles. The largest absolute Gasteiger partial charge is 0.468 e. The number of nitrogens with one attached hydrogen (secondary N) is 2. The summed E-state index contributed by atoms with van der Waals surface area (Å²) >= 11 is 0. The van der Waals surface area contributed by atoms with Crippen molar-refractivity contribution in [3.63, 3.8) is 0 Å². The van der Waals surface area contributed by atoms with E-state index in [-0.39, 0.29) is 24.4 Å². The minimum atomic E-state index is -4.44. The van der Waals surface area contributed by atoms with Gasteiger partial charge in [0.15, 0.2) is 12.6 Å². The molecule has 1 aromatic carbocycles. The van der Waals surface area contributed by atoms with E-state index in [1.54, 1.807) is 24.1 Å². The first-order chi connectivity index (χ1) is 14.4. The van der Waals surface area contributed by atoms with Gasteiger partial charge in [0, 0.05) is 44.0 Å². The topological polar surface area (TPSA) is 78.9 Å². The van der Waals surface area contributed by atoms with Gasteiger partial charge in [-0.1, -0.05) is 24.3 Å². The number of guanidine groups is 1. The van der Waals surface area contributed by atoms with Crippen LogP contribution in [-0.2, 0) is 11.3 Å². The van der Waals surface area contributed by atoms with Gasteiger partial charge in [0.05, 0.1) is 6.04 Å². The molecule has 1 fully saturated rings. The van der Waals surface area contributed by atoms with E-state index in [1.807, 2.05) is 30.3 Å². The number of hydrogen-bond donors (Lipinski definition) is 2. The Labute approximate surface area is 172 Å². The molecular weight excluding hydrogens is 399 g/mol. The Morgan fingerprint density at radius 2 is 2.03 bits per heavy atom.